The minimum Gasteiger partial charge on any atom is -0.466 e. The number of thioether (sulfide) groups is 1. The van der Waals surface area contributed by atoms with Gasteiger partial charge in [-0.1, -0.05) is 118 Å². The van der Waals surface area contributed by atoms with Crippen LogP contribution in [0.2, 0.25) is 0 Å². The summed E-state index contributed by atoms with van der Waals surface area (Å²) in [6.07, 6.45) is 23.4. The standard InChI is InChI=1S/C33H64O4S/c1-5-7-9-11-12-13-16-20-26-37-32(36)22-18-15-14-17-21-28-29(34)23-24-30(28)38-27-31(35)33(3,4)25-19-10-8-6-2/h28-31,34-35H,5-27H2,1-4H3. The molecule has 1 rings (SSSR count). The maximum absolute atomic E-state index is 12.0. The Labute approximate surface area is 240 Å². The molecule has 0 aromatic heterocycles. The number of unbranched alkanes of at least 4 members (excludes halogenated alkanes) is 13. The summed E-state index contributed by atoms with van der Waals surface area (Å²) in [5, 5.41) is 21.9. The van der Waals surface area contributed by atoms with Gasteiger partial charge in [-0.15, -0.1) is 0 Å². The first-order chi connectivity index (χ1) is 18.3. The molecule has 0 saturated heterocycles. The van der Waals surface area contributed by atoms with Crippen molar-refractivity contribution >= 4 is 17.7 Å². The van der Waals surface area contributed by atoms with Gasteiger partial charge in [-0.2, -0.15) is 11.8 Å². The van der Waals surface area contributed by atoms with Crippen LogP contribution < -0.4 is 0 Å². The second-order valence-corrected chi connectivity index (χ2v) is 13.9. The maximum atomic E-state index is 12.0. The lowest BCUT2D eigenvalue weighted by Gasteiger charge is -2.32. The van der Waals surface area contributed by atoms with Crippen LogP contribution >= 0.6 is 11.8 Å². The van der Waals surface area contributed by atoms with E-state index in [2.05, 4.69) is 27.7 Å². The molecular weight excluding hydrogens is 492 g/mol. The van der Waals surface area contributed by atoms with Gasteiger partial charge in [0.05, 0.1) is 18.8 Å². The van der Waals surface area contributed by atoms with Crippen molar-refractivity contribution in [1.82, 2.24) is 0 Å². The molecule has 0 aromatic carbocycles. The number of hydrogen-bond acceptors (Lipinski definition) is 5. The molecule has 4 atom stereocenters. The summed E-state index contributed by atoms with van der Waals surface area (Å²) in [5.74, 6) is 1.08. The van der Waals surface area contributed by atoms with Crippen LogP contribution in [0, 0.1) is 11.3 Å². The molecule has 1 aliphatic rings. The molecule has 0 amide bonds. The number of hydrogen-bond donors (Lipinski definition) is 2. The van der Waals surface area contributed by atoms with Crippen molar-refractivity contribution in [3.05, 3.63) is 0 Å². The maximum Gasteiger partial charge on any atom is 0.305 e. The van der Waals surface area contributed by atoms with Gasteiger partial charge < -0.3 is 14.9 Å². The summed E-state index contributed by atoms with van der Waals surface area (Å²) in [7, 11) is 0. The first-order valence-corrected chi connectivity index (χ1v) is 17.5. The van der Waals surface area contributed by atoms with Gasteiger partial charge in [0.1, 0.15) is 0 Å². The van der Waals surface area contributed by atoms with E-state index in [1.54, 1.807) is 0 Å². The van der Waals surface area contributed by atoms with E-state index in [1.807, 2.05) is 11.8 Å². The molecule has 38 heavy (non-hydrogen) atoms. The largest absolute Gasteiger partial charge is 0.466 e. The normalized spacial score (nSPS) is 20.6. The molecular formula is C33H64O4S. The van der Waals surface area contributed by atoms with Crippen molar-refractivity contribution < 1.29 is 19.7 Å². The van der Waals surface area contributed by atoms with Gasteiger partial charge in [0.25, 0.3) is 0 Å². The Hall–Kier alpha value is -0.260. The Morgan fingerprint density at radius 3 is 2.11 bits per heavy atom. The average molecular weight is 557 g/mol. The van der Waals surface area contributed by atoms with E-state index in [0.717, 1.165) is 63.5 Å². The number of rotatable bonds is 25. The Kier molecular flexibility index (Phi) is 21.1. The van der Waals surface area contributed by atoms with Gasteiger partial charge in [-0.25, -0.2) is 0 Å². The van der Waals surface area contributed by atoms with Gasteiger partial charge in [-0.05, 0) is 49.9 Å². The molecule has 0 aromatic rings. The van der Waals surface area contributed by atoms with Crippen LogP contribution in [0.4, 0.5) is 0 Å². The Morgan fingerprint density at radius 2 is 1.42 bits per heavy atom. The first kappa shape index (κ1) is 35.8. The third-order valence-electron chi connectivity index (χ3n) is 8.69. The third kappa shape index (κ3) is 16.8. The number of ether oxygens (including phenoxy) is 1. The highest BCUT2D eigenvalue weighted by Crippen LogP contribution is 2.40. The van der Waals surface area contributed by atoms with Crippen molar-refractivity contribution in [2.45, 2.75) is 180 Å². The fraction of sp³-hybridized carbons (Fsp3) is 0.970. The molecule has 4 unspecified atom stereocenters. The number of aliphatic hydroxyl groups is 2. The predicted octanol–water partition coefficient (Wildman–Crippen LogP) is 9.24. The molecule has 0 radical (unpaired) electrons. The highest BCUT2D eigenvalue weighted by Gasteiger charge is 2.36. The summed E-state index contributed by atoms with van der Waals surface area (Å²) in [4.78, 5) is 12.0. The monoisotopic (exact) mass is 556 g/mol. The van der Waals surface area contributed by atoms with Gasteiger partial charge in [-0.3, -0.25) is 4.79 Å². The minimum absolute atomic E-state index is 0.0392. The van der Waals surface area contributed by atoms with Gasteiger partial charge >= 0.3 is 5.97 Å². The third-order valence-corrected chi connectivity index (χ3v) is 10.2. The van der Waals surface area contributed by atoms with E-state index in [9.17, 15) is 15.0 Å². The number of carbonyl (C=O) groups excluding carboxylic acids is 1. The molecule has 1 saturated carbocycles. The zero-order chi connectivity index (χ0) is 28.1. The van der Waals surface area contributed by atoms with E-state index >= 15 is 0 Å². The molecule has 226 valence electrons. The Balaban J connectivity index is 2.11. The zero-order valence-corrected chi connectivity index (χ0v) is 26.5. The molecule has 0 heterocycles. The van der Waals surface area contributed by atoms with Crippen LogP contribution in [-0.4, -0.2) is 46.0 Å². The molecule has 2 N–H and O–H groups in total. The summed E-state index contributed by atoms with van der Waals surface area (Å²) >= 11 is 1.89. The smallest absolute Gasteiger partial charge is 0.305 e. The molecule has 4 nitrogen and oxygen atoms in total. The highest BCUT2D eigenvalue weighted by molar-refractivity contribution is 7.99. The molecule has 1 aliphatic carbocycles. The van der Waals surface area contributed by atoms with E-state index < -0.39 is 0 Å². The van der Waals surface area contributed by atoms with E-state index in [4.69, 9.17) is 4.74 Å². The van der Waals surface area contributed by atoms with Crippen LogP contribution in [-0.2, 0) is 9.53 Å². The predicted molar refractivity (Wildman–Crippen MR) is 165 cm³/mol. The summed E-state index contributed by atoms with van der Waals surface area (Å²) < 4.78 is 5.41. The lowest BCUT2D eigenvalue weighted by atomic mass is 9.82. The van der Waals surface area contributed by atoms with Crippen molar-refractivity contribution in [2.75, 3.05) is 12.4 Å². The molecule has 0 spiro atoms. The van der Waals surface area contributed by atoms with Crippen LogP contribution in [0.15, 0.2) is 0 Å². The SMILES string of the molecule is CCCCCCCCCCOC(=O)CCCCCCC1C(O)CCC1SCC(O)C(C)(C)CCCCCC. The molecule has 0 aliphatic heterocycles. The second-order valence-electron chi connectivity index (χ2n) is 12.6. The number of carbonyl (C=O) groups is 1. The van der Waals surface area contributed by atoms with Gasteiger partial charge in [0, 0.05) is 17.4 Å². The van der Waals surface area contributed by atoms with E-state index in [1.165, 1.54) is 70.6 Å². The fourth-order valence-electron chi connectivity index (χ4n) is 5.71. The number of aliphatic hydroxyl groups excluding tert-OH is 2. The van der Waals surface area contributed by atoms with E-state index in [0.29, 0.717) is 24.2 Å². The zero-order valence-electron chi connectivity index (χ0n) is 25.7. The quantitative estimate of drug-likeness (QED) is 0.0866. The average Bonchev–Trinajstić information content (AvgIpc) is 3.25. The van der Waals surface area contributed by atoms with Crippen LogP contribution in [0.1, 0.15) is 163 Å². The second kappa shape index (κ2) is 22.4. The molecule has 0 bridgehead atoms. The van der Waals surface area contributed by atoms with Gasteiger partial charge in [0.2, 0.25) is 0 Å². The number of esters is 1. The van der Waals surface area contributed by atoms with Gasteiger partial charge in [0.15, 0.2) is 0 Å². The van der Waals surface area contributed by atoms with Crippen molar-refractivity contribution in [3.8, 4) is 0 Å². The summed E-state index contributed by atoms with van der Waals surface area (Å²) in [6.45, 7) is 9.47. The van der Waals surface area contributed by atoms with E-state index in [-0.39, 0.29) is 23.6 Å². The summed E-state index contributed by atoms with van der Waals surface area (Å²) in [5.41, 5.74) is -0.0392. The topological polar surface area (TPSA) is 66.8 Å². The van der Waals surface area contributed by atoms with Crippen molar-refractivity contribution in [3.63, 3.8) is 0 Å². The van der Waals surface area contributed by atoms with Crippen molar-refractivity contribution in [1.29, 1.82) is 0 Å². The Bertz CT molecular complexity index is 567. The van der Waals surface area contributed by atoms with Crippen LogP contribution in [0.25, 0.3) is 0 Å². The lowest BCUT2D eigenvalue weighted by Crippen LogP contribution is -2.32. The van der Waals surface area contributed by atoms with Crippen molar-refractivity contribution in [2.24, 2.45) is 11.3 Å². The minimum atomic E-state index is -0.289. The summed E-state index contributed by atoms with van der Waals surface area (Å²) in [6, 6.07) is 0. The Morgan fingerprint density at radius 1 is 0.842 bits per heavy atom. The fourth-order valence-corrected chi connectivity index (χ4v) is 7.46. The lowest BCUT2D eigenvalue weighted by molar-refractivity contribution is -0.143. The highest BCUT2D eigenvalue weighted by atomic mass is 32.2. The first-order valence-electron chi connectivity index (χ1n) is 16.4. The van der Waals surface area contributed by atoms with Crippen LogP contribution in [0.3, 0.4) is 0 Å². The molecule has 5 heteroatoms. The molecule has 1 fully saturated rings. The van der Waals surface area contributed by atoms with Crippen LogP contribution in [0.5, 0.6) is 0 Å².